The topological polar surface area (TPSA) is 69.4 Å². The van der Waals surface area contributed by atoms with E-state index in [2.05, 4.69) is 26.8 Å². The van der Waals surface area contributed by atoms with Crippen LogP contribution in [-0.4, -0.2) is 37.9 Å². The summed E-state index contributed by atoms with van der Waals surface area (Å²) in [4.78, 5) is 26.4. The number of likely N-dealkylation sites (tertiary alicyclic amines) is 1. The Morgan fingerprint density at radius 1 is 1.35 bits per heavy atom. The molecule has 4 heterocycles. The molecule has 2 aliphatic heterocycles. The molecule has 4 rings (SSSR count). The lowest BCUT2D eigenvalue weighted by atomic mass is 10.0. The minimum atomic E-state index is -0.584. The van der Waals surface area contributed by atoms with Crippen LogP contribution in [0.3, 0.4) is 0 Å². The van der Waals surface area contributed by atoms with Gasteiger partial charge in [-0.1, -0.05) is 0 Å². The van der Waals surface area contributed by atoms with Gasteiger partial charge in [-0.25, -0.2) is 4.68 Å². The fourth-order valence-corrected chi connectivity index (χ4v) is 4.07. The zero-order chi connectivity index (χ0) is 16.0. The van der Waals surface area contributed by atoms with E-state index in [1.807, 2.05) is 0 Å². The second-order valence-corrected chi connectivity index (χ2v) is 7.08. The molecule has 0 unspecified atom stereocenters. The van der Waals surface area contributed by atoms with Crippen LogP contribution in [0.4, 0.5) is 0 Å². The molecule has 8 heteroatoms. The lowest BCUT2D eigenvalue weighted by Gasteiger charge is -2.35. The predicted molar refractivity (Wildman–Crippen MR) is 85.5 cm³/mol. The Labute approximate surface area is 136 Å². The van der Waals surface area contributed by atoms with Crippen molar-refractivity contribution in [1.82, 2.24) is 19.2 Å². The Hall–Kier alpha value is -1.77. The SMILES string of the molecule is Cn1nc2n(c(=O)c1=O)C[C@]1(CCN(Cc3ccsc3)C1)OC2. The van der Waals surface area contributed by atoms with Crippen LogP contribution >= 0.6 is 11.3 Å². The van der Waals surface area contributed by atoms with Crippen LogP contribution in [0.25, 0.3) is 0 Å². The van der Waals surface area contributed by atoms with E-state index in [4.69, 9.17) is 4.74 Å². The molecule has 122 valence electrons. The normalized spacial score (nSPS) is 24.2. The summed E-state index contributed by atoms with van der Waals surface area (Å²) >= 11 is 1.70. The highest BCUT2D eigenvalue weighted by Gasteiger charge is 2.43. The van der Waals surface area contributed by atoms with E-state index in [9.17, 15) is 9.59 Å². The number of hydrogen-bond acceptors (Lipinski definition) is 6. The summed E-state index contributed by atoms with van der Waals surface area (Å²) in [5, 5.41) is 8.37. The van der Waals surface area contributed by atoms with Gasteiger partial charge in [-0.2, -0.15) is 16.4 Å². The first-order chi connectivity index (χ1) is 11.1. The Morgan fingerprint density at radius 2 is 2.22 bits per heavy atom. The molecular formula is C15H18N4O3S. The van der Waals surface area contributed by atoms with Crippen LogP contribution in [0.1, 0.15) is 17.8 Å². The van der Waals surface area contributed by atoms with Crippen molar-refractivity contribution in [2.45, 2.75) is 31.7 Å². The molecule has 7 nitrogen and oxygen atoms in total. The van der Waals surface area contributed by atoms with Crippen molar-refractivity contribution in [2.24, 2.45) is 7.05 Å². The molecule has 0 aromatic carbocycles. The van der Waals surface area contributed by atoms with E-state index >= 15 is 0 Å². The fourth-order valence-electron chi connectivity index (χ4n) is 3.42. The third-order valence-electron chi connectivity index (χ3n) is 4.63. The molecule has 1 atom stereocenters. The smallest absolute Gasteiger partial charge is 0.332 e. The maximum atomic E-state index is 12.2. The van der Waals surface area contributed by atoms with Crippen LogP contribution in [0.2, 0.25) is 0 Å². The Kier molecular flexibility index (Phi) is 3.47. The predicted octanol–water partition coefficient (Wildman–Crippen LogP) is 0.178. The largest absolute Gasteiger partial charge is 0.364 e. The summed E-state index contributed by atoms with van der Waals surface area (Å²) in [7, 11) is 1.49. The van der Waals surface area contributed by atoms with Gasteiger partial charge < -0.3 is 4.74 Å². The average Bonchev–Trinajstić information content (AvgIpc) is 3.18. The number of nitrogens with zero attached hydrogens (tertiary/aromatic N) is 4. The molecule has 2 aromatic rings. The maximum absolute atomic E-state index is 12.2. The fraction of sp³-hybridized carbons (Fsp3) is 0.533. The van der Waals surface area contributed by atoms with Gasteiger partial charge in [0.15, 0.2) is 5.82 Å². The van der Waals surface area contributed by atoms with Crippen molar-refractivity contribution in [1.29, 1.82) is 0 Å². The van der Waals surface area contributed by atoms with E-state index in [0.717, 1.165) is 30.7 Å². The molecule has 1 spiro atoms. The van der Waals surface area contributed by atoms with Crippen molar-refractivity contribution in [3.63, 3.8) is 0 Å². The number of aromatic nitrogens is 3. The third-order valence-corrected chi connectivity index (χ3v) is 5.37. The molecular weight excluding hydrogens is 316 g/mol. The van der Waals surface area contributed by atoms with Crippen molar-refractivity contribution in [3.8, 4) is 0 Å². The number of thiophene rings is 1. The first kappa shape index (κ1) is 14.8. The summed E-state index contributed by atoms with van der Waals surface area (Å²) in [5.41, 5.74) is -0.174. The van der Waals surface area contributed by atoms with Gasteiger partial charge in [0.05, 0.1) is 6.54 Å². The molecule has 0 aliphatic carbocycles. The summed E-state index contributed by atoms with van der Waals surface area (Å²) in [6, 6.07) is 2.13. The van der Waals surface area contributed by atoms with Gasteiger partial charge in [-0.05, 0) is 28.8 Å². The van der Waals surface area contributed by atoms with Crippen LogP contribution in [-0.2, 0) is 31.5 Å². The number of ether oxygens (including phenoxy) is 1. The molecule has 1 fully saturated rings. The third kappa shape index (κ3) is 2.56. The molecule has 0 N–H and O–H groups in total. The second-order valence-electron chi connectivity index (χ2n) is 6.30. The van der Waals surface area contributed by atoms with Gasteiger partial charge in [0.25, 0.3) is 0 Å². The molecule has 0 amide bonds. The standard InChI is InChI=1S/C15H18N4O3S/c1-17-13(20)14(21)19-10-15(22-7-12(19)16-17)3-4-18(9-15)6-11-2-5-23-8-11/h2,5,8H,3-4,6-7,9-10H2,1H3/t15-/m1/s1. The van der Waals surface area contributed by atoms with Gasteiger partial charge in [-0.15, -0.1) is 0 Å². The highest BCUT2D eigenvalue weighted by molar-refractivity contribution is 7.07. The lowest BCUT2D eigenvalue weighted by molar-refractivity contribution is -0.0858. The molecule has 0 bridgehead atoms. The zero-order valence-corrected chi connectivity index (χ0v) is 13.7. The first-order valence-corrected chi connectivity index (χ1v) is 8.55. The van der Waals surface area contributed by atoms with Gasteiger partial charge in [0.1, 0.15) is 12.2 Å². The van der Waals surface area contributed by atoms with Gasteiger partial charge >= 0.3 is 11.1 Å². The molecule has 2 aromatic heterocycles. The van der Waals surface area contributed by atoms with Crippen molar-refractivity contribution in [3.05, 3.63) is 48.9 Å². The van der Waals surface area contributed by atoms with Crippen LogP contribution in [0.15, 0.2) is 26.4 Å². The van der Waals surface area contributed by atoms with E-state index in [1.165, 1.54) is 17.2 Å². The number of fused-ring (bicyclic) bond motifs is 1. The molecule has 0 radical (unpaired) electrons. The molecule has 0 saturated carbocycles. The van der Waals surface area contributed by atoms with E-state index < -0.39 is 11.1 Å². The minimum absolute atomic E-state index is 0.273. The summed E-state index contributed by atoms with van der Waals surface area (Å²) in [6.07, 6.45) is 0.859. The quantitative estimate of drug-likeness (QED) is 0.733. The summed E-state index contributed by atoms with van der Waals surface area (Å²) in [5.74, 6) is 0.527. The van der Waals surface area contributed by atoms with Gasteiger partial charge in [0, 0.05) is 26.7 Å². The van der Waals surface area contributed by atoms with Crippen molar-refractivity contribution >= 4 is 11.3 Å². The van der Waals surface area contributed by atoms with Crippen LogP contribution < -0.4 is 11.1 Å². The maximum Gasteiger partial charge on any atom is 0.332 e. The monoisotopic (exact) mass is 334 g/mol. The second kappa shape index (κ2) is 5.40. The van der Waals surface area contributed by atoms with E-state index in [-0.39, 0.29) is 12.2 Å². The molecule has 23 heavy (non-hydrogen) atoms. The molecule has 1 saturated heterocycles. The zero-order valence-electron chi connectivity index (χ0n) is 12.9. The van der Waals surface area contributed by atoms with Gasteiger partial charge in [0.2, 0.25) is 0 Å². The number of aryl methyl sites for hydroxylation is 1. The average molecular weight is 334 g/mol. The van der Waals surface area contributed by atoms with Crippen LogP contribution in [0.5, 0.6) is 0 Å². The van der Waals surface area contributed by atoms with Gasteiger partial charge in [-0.3, -0.25) is 19.1 Å². The Balaban J connectivity index is 1.57. The minimum Gasteiger partial charge on any atom is -0.364 e. The lowest BCUT2D eigenvalue weighted by Crippen LogP contribution is -2.52. The highest BCUT2D eigenvalue weighted by Crippen LogP contribution is 2.31. The molecule has 2 aliphatic rings. The Bertz CT molecular complexity index is 841. The van der Waals surface area contributed by atoms with E-state index in [0.29, 0.717) is 12.4 Å². The summed E-state index contributed by atoms with van der Waals surface area (Å²) in [6.45, 7) is 3.27. The van der Waals surface area contributed by atoms with Crippen LogP contribution in [0, 0.1) is 0 Å². The van der Waals surface area contributed by atoms with Crippen molar-refractivity contribution in [2.75, 3.05) is 13.1 Å². The first-order valence-electron chi connectivity index (χ1n) is 7.61. The Morgan fingerprint density at radius 3 is 3.00 bits per heavy atom. The summed E-state index contributed by atoms with van der Waals surface area (Å²) < 4.78 is 8.67. The van der Waals surface area contributed by atoms with Crippen molar-refractivity contribution < 1.29 is 4.74 Å². The van der Waals surface area contributed by atoms with E-state index in [1.54, 1.807) is 11.3 Å². The number of rotatable bonds is 2. The number of hydrogen-bond donors (Lipinski definition) is 0. The highest BCUT2D eigenvalue weighted by atomic mass is 32.1.